The Kier molecular flexibility index (Phi) is 4.28. The van der Waals surface area contributed by atoms with Gasteiger partial charge in [-0.2, -0.15) is 0 Å². The normalized spacial score (nSPS) is 11.8. The van der Waals surface area contributed by atoms with Crippen molar-refractivity contribution in [1.82, 2.24) is 0 Å². The minimum atomic E-state index is 1.15. The Bertz CT molecular complexity index is 1220. The van der Waals surface area contributed by atoms with Gasteiger partial charge in [0.2, 0.25) is 0 Å². The van der Waals surface area contributed by atoms with E-state index in [9.17, 15) is 0 Å². The SMILES string of the molecule is CCCc1ccc2c(ccc3c2ccc2c4ccc(CCC)cc4ccc23)c1. The van der Waals surface area contributed by atoms with Crippen LogP contribution in [0, 0.1) is 0 Å². The Labute approximate surface area is 166 Å². The highest BCUT2D eigenvalue weighted by Crippen LogP contribution is 2.35. The van der Waals surface area contributed by atoms with E-state index in [-0.39, 0.29) is 0 Å². The number of benzene rings is 5. The third kappa shape index (κ3) is 2.76. The fourth-order valence-electron chi connectivity index (χ4n) is 4.69. The Morgan fingerprint density at radius 2 is 0.786 bits per heavy atom. The van der Waals surface area contributed by atoms with E-state index in [0.717, 1.165) is 12.8 Å². The van der Waals surface area contributed by atoms with Crippen molar-refractivity contribution >= 4 is 43.1 Å². The number of hydrogen-bond donors (Lipinski definition) is 0. The average Bonchev–Trinajstić information content (AvgIpc) is 2.73. The molecule has 0 aliphatic rings. The summed E-state index contributed by atoms with van der Waals surface area (Å²) in [5, 5.41) is 10.8. The summed E-state index contributed by atoms with van der Waals surface area (Å²) < 4.78 is 0. The monoisotopic (exact) mass is 362 g/mol. The van der Waals surface area contributed by atoms with E-state index >= 15 is 0 Å². The molecule has 0 spiro atoms. The van der Waals surface area contributed by atoms with Crippen LogP contribution in [0.1, 0.15) is 37.8 Å². The number of rotatable bonds is 4. The van der Waals surface area contributed by atoms with Crippen LogP contribution in [-0.4, -0.2) is 0 Å². The summed E-state index contributed by atoms with van der Waals surface area (Å²) in [6, 6.07) is 27.8. The van der Waals surface area contributed by atoms with Crippen molar-refractivity contribution < 1.29 is 0 Å². The van der Waals surface area contributed by atoms with Gasteiger partial charge in [-0.1, -0.05) is 99.5 Å². The van der Waals surface area contributed by atoms with Crippen molar-refractivity contribution in [3.05, 3.63) is 83.9 Å². The van der Waals surface area contributed by atoms with Gasteiger partial charge in [-0.3, -0.25) is 0 Å². The predicted octanol–water partition coefficient (Wildman–Crippen LogP) is 8.20. The molecule has 0 heterocycles. The smallest absolute Gasteiger partial charge is 0.00987 e. The molecule has 0 aromatic heterocycles. The highest BCUT2D eigenvalue weighted by atomic mass is 14.1. The summed E-state index contributed by atoms with van der Waals surface area (Å²) in [5.41, 5.74) is 2.87. The molecule has 0 N–H and O–H groups in total. The molecule has 5 rings (SSSR count). The molecule has 0 heteroatoms. The maximum Gasteiger partial charge on any atom is -0.00987 e. The molecule has 0 saturated heterocycles. The first-order valence-electron chi connectivity index (χ1n) is 10.6. The second-order valence-corrected chi connectivity index (χ2v) is 8.00. The predicted molar refractivity (Wildman–Crippen MR) is 124 cm³/mol. The molecule has 28 heavy (non-hydrogen) atoms. The number of fused-ring (bicyclic) bond motifs is 7. The molecule has 0 radical (unpaired) electrons. The molecular formula is C28H26. The van der Waals surface area contributed by atoms with E-state index in [1.165, 1.54) is 67.1 Å². The van der Waals surface area contributed by atoms with Gasteiger partial charge in [0.25, 0.3) is 0 Å². The Hall–Kier alpha value is -2.86. The summed E-state index contributed by atoms with van der Waals surface area (Å²) in [6.07, 6.45) is 4.68. The molecule has 5 aromatic rings. The molecule has 138 valence electrons. The summed E-state index contributed by atoms with van der Waals surface area (Å²) in [4.78, 5) is 0. The van der Waals surface area contributed by atoms with Crippen molar-refractivity contribution in [3.8, 4) is 0 Å². The maximum absolute atomic E-state index is 2.36. The van der Waals surface area contributed by atoms with Gasteiger partial charge < -0.3 is 0 Å². The van der Waals surface area contributed by atoms with Crippen LogP contribution < -0.4 is 0 Å². The zero-order chi connectivity index (χ0) is 19.1. The number of aryl methyl sites for hydroxylation is 2. The van der Waals surface area contributed by atoms with E-state index < -0.39 is 0 Å². The molecule has 0 atom stereocenters. The molecule has 0 unspecified atom stereocenters. The molecule has 5 aromatic carbocycles. The lowest BCUT2D eigenvalue weighted by atomic mass is 9.93. The molecule has 0 saturated carbocycles. The minimum absolute atomic E-state index is 1.15. The summed E-state index contributed by atoms with van der Waals surface area (Å²) in [5.74, 6) is 0. The average molecular weight is 363 g/mol. The maximum atomic E-state index is 2.36. The van der Waals surface area contributed by atoms with Crippen LogP contribution in [0.4, 0.5) is 0 Å². The van der Waals surface area contributed by atoms with Crippen molar-refractivity contribution in [1.29, 1.82) is 0 Å². The van der Waals surface area contributed by atoms with Gasteiger partial charge in [-0.25, -0.2) is 0 Å². The zero-order valence-corrected chi connectivity index (χ0v) is 16.8. The van der Waals surface area contributed by atoms with Crippen molar-refractivity contribution in [2.75, 3.05) is 0 Å². The molecular weight excluding hydrogens is 336 g/mol. The molecule has 0 fully saturated rings. The lowest BCUT2D eigenvalue weighted by molar-refractivity contribution is 0.924. The first-order chi connectivity index (χ1) is 13.8. The van der Waals surface area contributed by atoms with Gasteiger partial charge in [0.1, 0.15) is 0 Å². The van der Waals surface area contributed by atoms with Crippen LogP contribution in [0.25, 0.3) is 43.1 Å². The Morgan fingerprint density at radius 3 is 1.21 bits per heavy atom. The summed E-state index contributed by atoms with van der Waals surface area (Å²) in [7, 11) is 0. The second kappa shape index (κ2) is 6.95. The summed E-state index contributed by atoms with van der Waals surface area (Å²) in [6.45, 7) is 4.48. The Morgan fingerprint density at radius 1 is 0.429 bits per heavy atom. The van der Waals surface area contributed by atoms with Gasteiger partial charge in [-0.15, -0.1) is 0 Å². The van der Waals surface area contributed by atoms with Crippen LogP contribution >= 0.6 is 0 Å². The third-order valence-electron chi connectivity index (χ3n) is 6.04. The molecule has 0 nitrogen and oxygen atoms in total. The standard InChI is InChI=1S/C28H26/c1-3-5-19-7-11-23-21(17-19)9-13-27-25(23)15-16-26-24-12-8-20(6-4-2)18-22(24)10-14-28(26)27/h7-18H,3-6H2,1-2H3. The van der Waals surface area contributed by atoms with Crippen molar-refractivity contribution in [3.63, 3.8) is 0 Å². The van der Waals surface area contributed by atoms with Gasteiger partial charge in [0, 0.05) is 0 Å². The second-order valence-electron chi connectivity index (χ2n) is 8.00. The van der Waals surface area contributed by atoms with Gasteiger partial charge >= 0.3 is 0 Å². The first-order valence-corrected chi connectivity index (χ1v) is 10.6. The fraction of sp³-hybridized carbons (Fsp3) is 0.214. The van der Waals surface area contributed by atoms with Gasteiger partial charge in [-0.05, 0) is 67.1 Å². The van der Waals surface area contributed by atoms with Crippen LogP contribution in [0.3, 0.4) is 0 Å². The van der Waals surface area contributed by atoms with E-state index in [2.05, 4.69) is 86.6 Å². The summed E-state index contributed by atoms with van der Waals surface area (Å²) >= 11 is 0. The lowest BCUT2D eigenvalue weighted by Gasteiger charge is -2.11. The van der Waals surface area contributed by atoms with Crippen LogP contribution in [0.5, 0.6) is 0 Å². The van der Waals surface area contributed by atoms with E-state index in [4.69, 9.17) is 0 Å². The van der Waals surface area contributed by atoms with Crippen LogP contribution in [-0.2, 0) is 12.8 Å². The lowest BCUT2D eigenvalue weighted by Crippen LogP contribution is -1.87. The van der Waals surface area contributed by atoms with Crippen LogP contribution in [0.2, 0.25) is 0 Å². The van der Waals surface area contributed by atoms with Crippen molar-refractivity contribution in [2.24, 2.45) is 0 Å². The quantitative estimate of drug-likeness (QED) is 0.283. The molecule has 0 amide bonds. The number of hydrogen-bond acceptors (Lipinski definition) is 0. The van der Waals surface area contributed by atoms with E-state index in [1.807, 2.05) is 0 Å². The van der Waals surface area contributed by atoms with E-state index in [0.29, 0.717) is 0 Å². The Balaban J connectivity index is 1.76. The van der Waals surface area contributed by atoms with Gasteiger partial charge in [0.15, 0.2) is 0 Å². The van der Waals surface area contributed by atoms with E-state index in [1.54, 1.807) is 0 Å². The van der Waals surface area contributed by atoms with Gasteiger partial charge in [0.05, 0.1) is 0 Å². The first kappa shape index (κ1) is 17.3. The zero-order valence-electron chi connectivity index (χ0n) is 16.8. The highest BCUT2D eigenvalue weighted by molar-refractivity contribution is 6.22. The molecule has 0 aliphatic heterocycles. The van der Waals surface area contributed by atoms with Crippen molar-refractivity contribution in [2.45, 2.75) is 39.5 Å². The minimum Gasteiger partial charge on any atom is -0.0651 e. The third-order valence-corrected chi connectivity index (χ3v) is 6.04. The molecule has 0 aliphatic carbocycles. The van der Waals surface area contributed by atoms with Crippen LogP contribution in [0.15, 0.2) is 72.8 Å². The highest BCUT2D eigenvalue weighted by Gasteiger charge is 2.08. The fourth-order valence-corrected chi connectivity index (χ4v) is 4.69. The topological polar surface area (TPSA) is 0 Å². The largest absolute Gasteiger partial charge is 0.0651 e. The molecule has 0 bridgehead atoms.